The second-order valence-electron chi connectivity index (χ2n) is 5.55. The normalized spacial score (nSPS) is 24.5. The van der Waals surface area contributed by atoms with Crippen LogP contribution in [0, 0.1) is 11.8 Å². The molecular weight excluding hydrogens is 192 g/mol. The van der Waals surface area contributed by atoms with Crippen LogP contribution in [0.2, 0.25) is 0 Å². The van der Waals surface area contributed by atoms with Crippen molar-refractivity contribution in [1.29, 1.82) is 0 Å². The second kappa shape index (κ2) is 9.93. The first-order chi connectivity index (χ1) is 7.63. The van der Waals surface area contributed by atoms with Crippen molar-refractivity contribution in [3.8, 4) is 0 Å². The number of hydrogen-bond donors (Lipinski definition) is 0. The van der Waals surface area contributed by atoms with E-state index in [2.05, 4.69) is 34.3 Å². The predicted molar refractivity (Wildman–Crippen MR) is 75.8 cm³/mol. The molecule has 0 aromatic rings. The van der Waals surface area contributed by atoms with Gasteiger partial charge in [0.25, 0.3) is 0 Å². The van der Waals surface area contributed by atoms with Gasteiger partial charge < -0.3 is 0 Å². The summed E-state index contributed by atoms with van der Waals surface area (Å²) in [5, 5.41) is 0. The molecule has 0 aromatic carbocycles. The van der Waals surface area contributed by atoms with Gasteiger partial charge in [-0.2, -0.15) is 0 Å². The lowest BCUT2D eigenvalue weighted by molar-refractivity contribution is 0.280. The third kappa shape index (κ3) is 7.96. The summed E-state index contributed by atoms with van der Waals surface area (Å²) in [6.45, 7) is 13.1. The molecule has 1 aliphatic rings. The highest BCUT2D eigenvalue weighted by molar-refractivity contribution is 4.96. The molecule has 1 saturated carbocycles. The second-order valence-corrected chi connectivity index (χ2v) is 5.55. The summed E-state index contributed by atoms with van der Waals surface area (Å²) in [5.74, 6) is 1.93. The molecule has 1 aliphatic carbocycles. The zero-order valence-corrected chi connectivity index (χ0v) is 12.0. The lowest BCUT2D eigenvalue weighted by Crippen LogP contribution is -2.13. The molecule has 0 aromatic heterocycles. The van der Waals surface area contributed by atoms with Crippen LogP contribution >= 0.6 is 0 Å². The highest BCUT2D eigenvalue weighted by Crippen LogP contribution is 2.32. The van der Waals surface area contributed by atoms with Gasteiger partial charge in [0.15, 0.2) is 0 Å². The first-order valence-electron chi connectivity index (χ1n) is 7.30. The summed E-state index contributed by atoms with van der Waals surface area (Å²) >= 11 is 0. The van der Waals surface area contributed by atoms with E-state index in [1.807, 2.05) is 0 Å². The molecule has 0 saturated heterocycles. The lowest BCUT2D eigenvalue weighted by atomic mass is 9.79. The fraction of sp³-hybridized carbons (Fsp3) is 0.875. The molecule has 0 aliphatic heterocycles. The van der Waals surface area contributed by atoms with Crippen LogP contribution in [-0.2, 0) is 0 Å². The van der Waals surface area contributed by atoms with Crippen LogP contribution in [0.25, 0.3) is 0 Å². The molecule has 1 rings (SSSR count). The van der Waals surface area contributed by atoms with Gasteiger partial charge in [-0.3, -0.25) is 0 Å². The summed E-state index contributed by atoms with van der Waals surface area (Å²) in [5.41, 5.74) is 1.49. The summed E-state index contributed by atoms with van der Waals surface area (Å²) in [4.78, 5) is 0. The summed E-state index contributed by atoms with van der Waals surface area (Å²) in [6.07, 6.45) is 10.9. The van der Waals surface area contributed by atoms with Crippen LogP contribution < -0.4 is 0 Å². The Balaban J connectivity index is 0.000000673. The first kappa shape index (κ1) is 15.7. The molecular formula is C16H32. The van der Waals surface area contributed by atoms with Gasteiger partial charge in [-0.15, -0.1) is 0 Å². The van der Waals surface area contributed by atoms with Crippen LogP contribution in [0.5, 0.6) is 0 Å². The topological polar surface area (TPSA) is 0 Å². The molecule has 0 heterocycles. The lowest BCUT2D eigenvalue weighted by Gasteiger charge is -2.27. The molecule has 1 fully saturated rings. The minimum absolute atomic E-state index is 0.961. The zero-order chi connectivity index (χ0) is 12.4. The average Bonchev–Trinajstić information content (AvgIpc) is 2.19. The third-order valence-electron chi connectivity index (χ3n) is 3.23. The molecule has 0 amide bonds. The Morgan fingerprint density at radius 1 is 1.19 bits per heavy atom. The molecule has 0 nitrogen and oxygen atoms in total. The third-order valence-corrected chi connectivity index (χ3v) is 3.23. The van der Waals surface area contributed by atoms with E-state index in [9.17, 15) is 0 Å². The van der Waals surface area contributed by atoms with Crippen molar-refractivity contribution in [1.82, 2.24) is 0 Å². The van der Waals surface area contributed by atoms with Gasteiger partial charge in [-0.05, 0) is 31.1 Å². The molecule has 96 valence electrons. The van der Waals surface area contributed by atoms with Gasteiger partial charge in [-0.1, -0.05) is 72.0 Å². The van der Waals surface area contributed by atoms with Crippen LogP contribution in [0.1, 0.15) is 79.1 Å². The Hall–Kier alpha value is -0.260. The molecule has 0 bridgehead atoms. The van der Waals surface area contributed by atoms with Crippen molar-refractivity contribution in [3.05, 3.63) is 12.2 Å². The Labute approximate surface area is 104 Å². The minimum Gasteiger partial charge on any atom is -0.0999 e. The van der Waals surface area contributed by atoms with E-state index in [-0.39, 0.29) is 0 Å². The molecule has 1 unspecified atom stereocenters. The Kier molecular flexibility index (Phi) is 9.77. The van der Waals surface area contributed by atoms with Crippen LogP contribution in [-0.4, -0.2) is 0 Å². The highest BCUT2D eigenvalue weighted by atomic mass is 14.2. The molecule has 0 spiro atoms. The van der Waals surface area contributed by atoms with E-state index in [1.165, 1.54) is 56.9 Å². The fourth-order valence-electron chi connectivity index (χ4n) is 2.61. The minimum atomic E-state index is 0.961. The van der Waals surface area contributed by atoms with Crippen LogP contribution in [0.4, 0.5) is 0 Å². The average molecular weight is 224 g/mol. The van der Waals surface area contributed by atoms with E-state index >= 15 is 0 Å². The number of hydrogen-bond acceptors (Lipinski definition) is 0. The van der Waals surface area contributed by atoms with Gasteiger partial charge in [0.05, 0.1) is 0 Å². The van der Waals surface area contributed by atoms with Crippen LogP contribution in [0.15, 0.2) is 12.2 Å². The van der Waals surface area contributed by atoms with E-state index in [0.29, 0.717) is 0 Å². The molecule has 0 N–H and O–H groups in total. The maximum atomic E-state index is 4.16. The smallest absolute Gasteiger partial charge is 0.0294 e. The van der Waals surface area contributed by atoms with E-state index in [0.717, 1.165) is 11.8 Å². The fourth-order valence-corrected chi connectivity index (χ4v) is 2.61. The Morgan fingerprint density at radius 3 is 2.31 bits per heavy atom. The van der Waals surface area contributed by atoms with E-state index in [1.54, 1.807) is 0 Å². The Bertz CT molecular complexity index is 169. The summed E-state index contributed by atoms with van der Waals surface area (Å²) in [7, 11) is 0. The van der Waals surface area contributed by atoms with Gasteiger partial charge in [0.1, 0.15) is 0 Å². The van der Waals surface area contributed by atoms with Gasteiger partial charge in [0.2, 0.25) is 0 Å². The maximum absolute atomic E-state index is 4.16. The monoisotopic (exact) mass is 224 g/mol. The van der Waals surface area contributed by atoms with Gasteiger partial charge in [-0.25, -0.2) is 0 Å². The SMILES string of the molecule is C=C(CCC)C[C@H]1CCCC(C)C1.CCC. The maximum Gasteiger partial charge on any atom is -0.0294 e. The highest BCUT2D eigenvalue weighted by Gasteiger charge is 2.18. The largest absolute Gasteiger partial charge is 0.0999 e. The van der Waals surface area contributed by atoms with Crippen molar-refractivity contribution in [3.63, 3.8) is 0 Å². The van der Waals surface area contributed by atoms with Crippen molar-refractivity contribution >= 4 is 0 Å². The zero-order valence-electron chi connectivity index (χ0n) is 12.0. The molecule has 0 radical (unpaired) electrons. The van der Waals surface area contributed by atoms with E-state index in [4.69, 9.17) is 0 Å². The summed E-state index contributed by atoms with van der Waals surface area (Å²) < 4.78 is 0. The first-order valence-corrected chi connectivity index (χ1v) is 7.30. The van der Waals surface area contributed by atoms with Crippen molar-refractivity contribution in [2.75, 3.05) is 0 Å². The summed E-state index contributed by atoms with van der Waals surface area (Å²) in [6, 6.07) is 0. The predicted octanol–water partition coefficient (Wildman–Crippen LogP) is 5.98. The van der Waals surface area contributed by atoms with Gasteiger partial charge in [0, 0.05) is 0 Å². The number of rotatable bonds is 4. The molecule has 16 heavy (non-hydrogen) atoms. The number of allylic oxidation sites excluding steroid dienone is 1. The van der Waals surface area contributed by atoms with Gasteiger partial charge >= 0.3 is 0 Å². The van der Waals surface area contributed by atoms with Crippen LogP contribution in [0.3, 0.4) is 0 Å². The quantitative estimate of drug-likeness (QED) is 0.516. The van der Waals surface area contributed by atoms with Crippen molar-refractivity contribution in [2.45, 2.75) is 79.1 Å². The molecule has 0 heteroatoms. The van der Waals surface area contributed by atoms with E-state index < -0.39 is 0 Å². The Morgan fingerprint density at radius 2 is 1.81 bits per heavy atom. The van der Waals surface area contributed by atoms with Crippen molar-refractivity contribution < 1.29 is 0 Å². The standard InChI is InChI=1S/C13H24.C3H8/c1-4-6-11(2)9-13-8-5-7-12(3)10-13;1-3-2/h12-13H,2,4-10H2,1,3H3;3H2,1-2H3/t12?,13-;/m1./s1. The molecule has 2 atom stereocenters. The van der Waals surface area contributed by atoms with Crippen molar-refractivity contribution in [2.24, 2.45) is 11.8 Å².